The first-order valence-corrected chi connectivity index (χ1v) is 12.5. The summed E-state index contributed by atoms with van der Waals surface area (Å²) in [5, 5.41) is 9.48. The van der Waals surface area contributed by atoms with Gasteiger partial charge in [0.25, 0.3) is 0 Å². The molecule has 1 aromatic heterocycles. The summed E-state index contributed by atoms with van der Waals surface area (Å²) < 4.78 is 18.9. The molecule has 0 fully saturated rings. The van der Waals surface area contributed by atoms with Gasteiger partial charge in [-0.1, -0.05) is 42.1 Å². The Labute approximate surface area is 215 Å². The minimum absolute atomic E-state index is 0.0192. The van der Waals surface area contributed by atoms with Gasteiger partial charge in [-0.15, -0.1) is 10.2 Å². The number of hydrogen-bond donors (Lipinski definition) is 0. The van der Waals surface area contributed by atoms with Crippen LogP contribution in [0, 0.1) is 13.8 Å². The number of aryl methyl sites for hydroxylation is 2. The molecule has 1 unspecified atom stereocenters. The minimum atomic E-state index is -0.425. The van der Waals surface area contributed by atoms with Gasteiger partial charge < -0.3 is 14.2 Å². The average molecular weight is 504 g/mol. The van der Waals surface area contributed by atoms with Crippen molar-refractivity contribution in [3.63, 3.8) is 0 Å². The molecule has 0 saturated heterocycles. The van der Waals surface area contributed by atoms with Gasteiger partial charge in [-0.05, 0) is 68.3 Å². The van der Waals surface area contributed by atoms with E-state index < -0.39 is 6.10 Å². The summed E-state index contributed by atoms with van der Waals surface area (Å²) in [6.45, 7) is 5.77. The van der Waals surface area contributed by atoms with Gasteiger partial charge in [0.2, 0.25) is 0 Å². The molecule has 0 amide bonds. The molecule has 36 heavy (non-hydrogen) atoms. The SMILES string of the molecule is COc1cc(C)c(C(=O)CSc2nnc(C(C)Oc3ccccc3OC)n2-c2ccccc2)cc1C. The van der Waals surface area contributed by atoms with Crippen LogP contribution in [0.2, 0.25) is 0 Å². The Balaban J connectivity index is 1.61. The first-order chi connectivity index (χ1) is 17.4. The van der Waals surface area contributed by atoms with E-state index in [0.29, 0.717) is 28.0 Å². The quantitative estimate of drug-likeness (QED) is 0.194. The van der Waals surface area contributed by atoms with Gasteiger partial charge in [0.05, 0.1) is 20.0 Å². The van der Waals surface area contributed by atoms with Crippen molar-refractivity contribution in [2.75, 3.05) is 20.0 Å². The molecule has 0 aliphatic carbocycles. The Morgan fingerprint density at radius 2 is 1.56 bits per heavy atom. The number of ketones is 1. The zero-order chi connectivity index (χ0) is 25.7. The Morgan fingerprint density at radius 3 is 2.25 bits per heavy atom. The molecule has 186 valence electrons. The fraction of sp³-hybridized carbons (Fsp3) is 0.250. The van der Waals surface area contributed by atoms with Crippen LogP contribution in [0.1, 0.15) is 40.3 Å². The van der Waals surface area contributed by atoms with Crippen LogP contribution in [-0.2, 0) is 0 Å². The summed E-state index contributed by atoms with van der Waals surface area (Å²) in [6.07, 6.45) is -0.425. The van der Waals surface area contributed by atoms with Crippen LogP contribution >= 0.6 is 11.8 Å². The fourth-order valence-corrected chi connectivity index (χ4v) is 4.78. The topological polar surface area (TPSA) is 75.5 Å². The van der Waals surface area contributed by atoms with E-state index in [1.807, 2.05) is 92.1 Å². The first-order valence-electron chi connectivity index (χ1n) is 11.5. The number of carbonyl (C=O) groups is 1. The Kier molecular flexibility index (Phi) is 7.95. The molecule has 1 heterocycles. The van der Waals surface area contributed by atoms with E-state index in [0.717, 1.165) is 22.6 Å². The van der Waals surface area contributed by atoms with Crippen LogP contribution in [0.4, 0.5) is 0 Å². The van der Waals surface area contributed by atoms with E-state index in [9.17, 15) is 4.79 Å². The van der Waals surface area contributed by atoms with Crippen molar-refractivity contribution in [2.24, 2.45) is 0 Å². The highest BCUT2D eigenvalue weighted by atomic mass is 32.2. The number of aromatic nitrogens is 3. The summed E-state index contributed by atoms with van der Waals surface area (Å²) in [6, 6.07) is 21.1. The van der Waals surface area contributed by atoms with E-state index in [1.165, 1.54) is 11.8 Å². The van der Waals surface area contributed by atoms with Gasteiger partial charge in [0.15, 0.2) is 34.4 Å². The Hall–Kier alpha value is -3.78. The van der Waals surface area contributed by atoms with E-state index in [2.05, 4.69) is 10.2 Å². The normalized spacial score (nSPS) is 11.7. The summed E-state index contributed by atoms with van der Waals surface area (Å²) in [5.41, 5.74) is 3.37. The van der Waals surface area contributed by atoms with Gasteiger partial charge in [-0.3, -0.25) is 9.36 Å². The second-order valence-corrected chi connectivity index (χ2v) is 9.21. The van der Waals surface area contributed by atoms with Crippen LogP contribution in [0.25, 0.3) is 5.69 Å². The molecular formula is C28H29N3O4S. The van der Waals surface area contributed by atoms with Crippen molar-refractivity contribution >= 4 is 17.5 Å². The van der Waals surface area contributed by atoms with Gasteiger partial charge in [-0.2, -0.15) is 0 Å². The van der Waals surface area contributed by atoms with E-state index in [4.69, 9.17) is 14.2 Å². The summed E-state index contributed by atoms with van der Waals surface area (Å²) >= 11 is 1.35. The zero-order valence-corrected chi connectivity index (χ0v) is 21.8. The van der Waals surface area contributed by atoms with E-state index in [1.54, 1.807) is 14.2 Å². The molecule has 0 radical (unpaired) electrons. The fourth-order valence-electron chi connectivity index (χ4n) is 3.93. The van der Waals surface area contributed by atoms with Gasteiger partial charge >= 0.3 is 0 Å². The predicted octanol–water partition coefficient (Wildman–Crippen LogP) is 6.02. The lowest BCUT2D eigenvalue weighted by molar-refractivity contribution is 0.102. The third kappa shape index (κ3) is 5.39. The molecule has 4 aromatic rings. The van der Waals surface area contributed by atoms with Crippen LogP contribution in [0.3, 0.4) is 0 Å². The van der Waals surface area contributed by atoms with Gasteiger partial charge in [0.1, 0.15) is 5.75 Å². The third-order valence-corrected chi connectivity index (χ3v) is 6.71. The lowest BCUT2D eigenvalue weighted by Crippen LogP contribution is -2.12. The van der Waals surface area contributed by atoms with Crippen LogP contribution < -0.4 is 14.2 Å². The van der Waals surface area contributed by atoms with Gasteiger partial charge in [0, 0.05) is 11.3 Å². The summed E-state index contributed by atoms with van der Waals surface area (Å²) in [7, 11) is 3.24. The molecule has 7 nitrogen and oxygen atoms in total. The lowest BCUT2D eigenvalue weighted by atomic mass is 10.0. The second-order valence-electron chi connectivity index (χ2n) is 8.27. The number of methoxy groups -OCH3 is 2. The molecule has 0 spiro atoms. The largest absolute Gasteiger partial charge is 0.496 e. The van der Waals surface area contributed by atoms with Crippen LogP contribution in [0.5, 0.6) is 17.2 Å². The maximum absolute atomic E-state index is 13.1. The van der Waals surface area contributed by atoms with Crippen molar-refractivity contribution in [1.82, 2.24) is 14.8 Å². The highest BCUT2D eigenvalue weighted by Crippen LogP contribution is 2.33. The monoisotopic (exact) mass is 503 g/mol. The zero-order valence-electron chi connectivity index (χ0n) is 21.0. The molecule has 8 heteroatoms. The molecule has 0 N–H and O–H groups in total. The maximum atomic E-state index is 13.1. The first kappa shape index (κ1) is 25.3. The van der Waals surface area contributed by atoms with Crippen molar-refractivity contribution in [3.05, 3.63) is 89.2 Å². The summed E-state index contributed by atoms with van der Waals surface area (Å²) in [4.78, 5) is 13.1. The number of para-hydroxylation sites is 3. The number of carbonyl (C=O) groups excluding carboxylic acids is 1. The summed E-state index contributed by atoms with van der Waals surface area (Å²) in [5.74, 6) is 2.89. The molecule has 3 aromatic carbocycles. The second kappa shape index (κ2) is 11.3. The average Bonchev–Trinajstić information content (AvgIpc) is 3.33. The van der Waals surface area contributed by atoms with Crippen molar-refractivity contribution < 1.29 is 19.0 Å². The smallest absolute Gasteiger partial charge is 0.196 e. The Bertz CT molecular complexity index is 1350. The molecule has 4 rings (SSSR count). The molecule has 0 bridgehead atoms. The number of nitrogens with zero attached hydrogens (tertiary/aromatic N) is 3. The molecule has 1 atom stereocenters. The third-order valence-electron chi connectivity index (χ3n) is 5.78. The van der Waals surface area contributed by atoms with E-state index >= 15 is 0 Å². The van der Waals surface area contributed by atoms with E-state index in [-0.39, 0.29) is 11.5 Å². The number of rotatable bonds is 10. The van der Waals surface area contributed by atoms with Crippen LogP contribution in [-0.4, -0.2) is 40.5 Å². The highest BCUT2D eigenvalue weighted by molar-refractivity contribution is 7.99. The number of Topliss-reactive ketones (excluding diaryl/α,β-unsaturated/α-hetero) is 1. The number of hydrogen-bond acceptors (Lipinski definition) is 7. The Morgan fingerprint density at radius 1 is 0.889 bits per heavy atom. The number of benzene rings is 3. The lowest BCUT2D eigenvalue weighted by Gasteiger charge is -2.18. The standard InChI is InChI=1S/C28H29N3O4S/c1-18-16-26(34-5)19(2)15-22(18)23(32)17-36-28-30-29-27(31(28)21-11-7-6-8-12-21)20(3)35-25-14-10-9-13-24(25)33-4/h6-16,20H,17H2,1-5H3. The molecule has 0 saturated carbocycles. The molecule has 0 aliphatic heterocycles. The molecular weight excluding hydrogens is 474 g/mol. The predicted molar refractivity (Wildman–Crippen MR) is 141 cm³/mol. The molecule has 0 aliphatic rings. The van der Waals surface area contributed by atoms with Crippen molar-refractivity contribution in [1.29, 1.82) is 0 Å². The van der Waals surface area contributed by atoms with Crippen molar-refractivity contribution in [3.8, 4) is 22.9 Å². The van der Waals surface area contributed by atoms with Crippen molar-refractivity contribution in [2.45, 2.75) is 32.0 Å². The van der Waals surface area contributed by atoms with Crippen LogP contribution in [0.15, 0.2) is 71.9 Å². The van der Waals surface area contributed by atoms with Gasteiger partial charge in [-0.25, -0.2) is 0 Å². The number of thioether (sulfide) groups is 1. The number of ether oxygens (including phenoxy) is 3. The minimum Gasteiger partial charge on any atom is -0.496 e. The maximum Gasteiger partial charge on any atom is 0.196 e. The highest BCUT2D eigenvalue weighted by Gasteiger charge is 2.23.